The van der Waals surface area contributed by atoms with Crippen molar-refractivity contribution in [2.75, 3.05) is 11.5 Å². The van der Waals surface area contributed by atoms with E-state index in [1.54, 1.807) is 0 Å². The molecule has 2 rings (SSSR count). The van der Waals surface area contributed by atoms with Crippen LogP contribution in [0.1, 0.15) is 57.2 Å². The van der Waals surface area contributed by atoms with Crippen LogP contribution in [0.25, 0.3) is 0 Å². The van der Waals surface area contributed by atoms with E-state index in [4.69, 9.17) is 0 Å². The van der Waals surface area contributed by atoms with Crippen molar-refractivity contribution >= 4 is 11.8 Å². The molecule has 108 valence electrons. The molecule has 1 fully saturated rings. The van der Waals surface area contributed by atoms with Crippen molar-refractivity contribution in [1.82, 2.24) is 9.78 Å². The van der Waals surface area contributed by atoms with Crippen molar-refractivity contribution in [2.24, 2.45) is 0 Å². The second-order valence-corrected chi connectivity index (χ2v) is 6.82. The Hall–Kier alpha value is -0.480. The molecule has 3 nitrogen and oxygen atoms in total. The highest BCUT2D eigenvalue weighted by atomic mass is 32.2. The molecule has 1 aromatic heterocycles. The number of hydrogen-bond donors (Lipinski definition) is 1. The van der Waals surface area contributed by atoms with Crippen LogP contribution in [0.3, 0.4) is 0 Å². The number of thioether (sulfide) groups is 1. The van der Waals surface area contributed by atoms with Crippen LogP contribution in [0.15, 0.2) is 12.3 Å². The van der Waals surface area contributed by atoms with Crippen LogP contribution in [0.5, 0.6) is 0 Å². The zero-order valence-corrected chi connectivity index (χ0v) is 12.7. The summed E-state index contributed by atoms with van der Waals surface area (Å²) in [5.41, 5.74) is 1.04. The topological polar surface area (TPSA) is 38.0 Å². The predicted octanol–water partition coefficient (Wildman–Crippen LogP) is 3.43. The van der Waals surface area contributed by atoms with Crippen molar-refractivity contribution < 1.29 is 5.11 Å². The number of aliphatic hydroxyl groups excluding tert-OH is 1. The third-order valence-electron chi connectivity index (χ3n) is 3.86. The third-order valence-corrected chi connectivity index (χ3v) is 4.79. The van der Waals surface area contributed by atoms with Gasteiger partial charge in [-0.3, -0.25) is 4.68 Å². The fraction of sp³-hybridized carbons (Fsp3) is 0.800. The first-order valence-electron chi connectivity index (χ1n) is 7.59. The van der Waals surface area contributed by atoms with Crippen molar-refractivity contribution in [3.05, 3.63) is 18.0 Å². The molecular formula is C15H26N2OS. The van der Waals surface area contributed by atoms with Gasteiger partial charge in [0.15, 0.2) is 0 Å². The summed E-state index contributed by atoms with van der Waals surface area (Å²) >= 11 is 1.89. The summed E-state index contributed by atoms with van der Waals surface area (Å²) in [4.78, 5) is 0. The Balaban J connectivity index is 1.79. The van der Waals surface area contributed by atoms with Gasteiger partial charge in [0.05, 0.1) is 17.8 Å². The van der Waals surface area contributed by atoms with Crippen molar-refractivity contribution in [3.8, 4) is 0 Å². The molecule has 0 aromatic carbocycles. The summed E-state index contributed by atoms with van der Waals surface area (Å²) in [6.45, 7) is 2.16. The molecular weight excluding hydrogens is 256 g/mol. The molecule has 1 atom stereocenters. The second-order valence-electron chi connectivity index (χ2n) is 5.42. The molecule has 4 heteroatoms. The fourth-order valence-electron chi connectivity index (χ4n) is 2.74. The number of nitrogens with zero attached hydrogens (tertiary/aromatic N) is 2. The van der Waals surface area contributed by atoms with Crippen LogP contribution in [-0.4, -0.2) is 32.5 Å². The van der Waals surface area contributed by atoms with Crippen LogP contribution in [0, 0.1) is 0 Å². The zero-order chi connectivity index (χ0) is 13.5. The van der Waals surface area contributed by atoms with Crippen molar-refractivity contribution in [1.29, 1.82) is 0 Å². The first-order chi connectivity index (χ1) is 9.29. The van der Waals surface area contributed by atoms with E-state index < -0.39 is 0 Å². The van der Waals surface area contributed by atoms with Gasteiger partial charge in [0.1, 0.15) is 0 Å². The SMILES string of the molecule is CCSCCC(O)Cc1ccn(C2CCCCC2)n1. The quantitative estimate of drug-likeness (QED) is 0.779. The minimum absolute atomic E-state index is 0.242. The highest BCUT2D eigenvalue weighted by Gasteiger charge is 2.16. The largest absolute Gasteiger partial charge is 0.393 e. The normalized spacial score (nSPS) is 18.6. The molecule has 1 saturated carbocycles. The second kappa shape index (κ2) is 7.95. The lowest BCUT2D eigenvalue weighted by Crippen LogP contribution is -2.15. The molecule has 0 saturated heterocycles. The Morgan fingerprint density at radius 2 is 2.21 bits per heavy atom. The molecule has 1 N–H and O–H groups in total. The average Bonchev–Trinajstić information content (AvgIpc) is 2.88. The van der Waals surface area contributed by atoms with Crippen LogP contribution in [0.4, 0.5) is 0 Å². The molecule has 0 aliphatic heterocycles. The molecule has 0 bridgehead atoms. The number of aromatic nitrogens is 2. The Kier molecular flexibility index (Phi) is 6.24. The highest BCUT2D eigenvalue weighted by molar-refractivity contribution is 7.99. The fourth-order valence-corrected chi connectivity index (χ4v) is 3.47. The van der Waals surface area contributed by atoms with Gasteiger partial charge in [0.25, 0.3) is 0 Å². The van der Waals surface area contributed by atoms with E-state index in [0.717, 1.165) is 23.6 Å². The zero-order valence-electron chi connectivity index (χ0n) is 11.9. The molecule has 0 amide bonds. The van der Waals surface area contributed by atoms with Gasteiger partial charge in [0.2, 0.25) is 0 Å². The summed E-state index contributed by atoms with van der Waals surface area (Å²) in [6.07, 6.45) is 9.98. The van der Waals surface area contributed by atoms with E-state index in [0.29, 0.717) is 12.5 Å². The number of aliphatic hydroxyl groups is 1. The van der Waals surface area contributed by atoms with Gasteiger partial charge in [-0.05, 0) is 36.8 Å². The van der Waals surface area contributed by atoms with E-state index in [9.17, 15) is 5.11 Å². The lowest BCUT2D eigenvalue weighted by Gasteiger charge is -2.21. The maximum absolute atomic E-state index is 9.99. The van der Waals surface area contributed by atoms with Gasteiger partial charge in [-0.1, -0.05) is 26.2 Å². The van der Waals surface area contributed by atoms with Gasteiger partial charge >= 0.3 is 0 Å². The van der Waals surface area contributed by atoms with Gasteiger partial charge < -0.3 is 5.11 Å². The van der Waals surface area contributed by atoms with Crippen LogP contribution in [-0.2, 0) is 6.42 Å². The van der Waals surface area contributed by atoms with Crippen molar-refractivity contribution in [3.63, 3.8) is 0 Å². The van der Waals surface area contributed by atoms with Crippen molar-refractivity contribution in [2.45, 2.75) is 64.0 Å². The van der Waals surface area contributed by atoms with Gasteiger partial charge in [-0.15, -0.1) is 0 Å². The standard InChI is InChI=1S/C15H26N2OS/c1-2-19-11-9-15(18)12-13-8-10-17(16-13)14-6-4-3-5-7-14/h8,10,14-15,18H,2-7,9,11-12H2,1H3. The number of rotatable bonds is 7. The maximum Gasteiger partial charge on any atom is 0.0650 e. The van der Waals surface area contributed by atoms with Crippen LogP contribution >= 0.6 is 11.8 Å². The molecule has 1 unspecified atom stereocenters. The predicted molar refractivity (Wildman–Crippen MR) is 81.7 cm³/mol. The first-order valence-corrected chi connectivity index (χ1v) is 8.75. The molecule has 1 aliphatic carbocycles. The van der Waals surface area contributed by atoms with E-state index in [-0.39, 0.29) is 6.10 Å². The Labute approximate surface area is 120 Å². The smallest absolute Gasteiger partial charge is 0.0650 e. The molecule has 19 heavy (non-hydrogen) atoms. The van der Waals surface area contributed by atoms with Gasteiger partial charge in [-0.2, -0.15) is 16.9 Å². The molecule has 1 aliphatic rings. The van der Waals surface area contributed by atoms with Crippen LogP contribution < -0.4 is 0 Å². The third kappa shape index (κ3) is 4.84. The van der Waals surface area contributed by atoms with E-state index in [2.05, 4.69) is 29.0 Å². The highest BCUT2D eigenvalue weighted by Crippen LogP contribution is 2.27. The van der Waals surface area contributed by atoms with Gasteiger partial charge in [-0.25, -0.2) is 0 Å². The summed E-state index contributed by atoms with van der Waals surface area (Å²) in [5, 5.41) is 14.6. The average molecular weight is 282 g/mol. The number of hydrogen-bond acceptors (Lipinski definition) is 3. The minimum atomic E-state index is -0.242. The summed E-state index contributed by atoms with van der Waals surface area (Å²) in [7, 11) is 0. The van der Waals surface area contributed by atoms with E-state index in [1.165, 1.54) is 32.1 Å². The monoisotopic (exact) mass is 282 g/mol. The van der Waals surface area contributed by atoms with E-state index in [1.807, 2.05) is 11.8 Å². The maximum atomic E-state index is 9.99. The first kappa shape index (κ1) is 14.9. The van der Waals surface area contributed by atoms with Gasteiger partial charge in [0, 0.05) is 12.6 Å². The molecule has 1 aromatic rings. The summed E-state index contributed by atoms with van der Waals surface area (Å²) in [6, 6.07) is 2.67. The lowest BCUT2D eigenvalue weighted by molar-refractivity contribution is 0.170. The Bertz CT molecular complexity index is 361. The molecule has 1 heterocycles. The van der Waals surface area contributed by atoms with Crippen LogP contribution in [0.2, 0.25) is 0 Å². The summed E-state index contributed by atoms with van der Waals surface area (Å²) in [5.74, 6) is 2.17. The molecule has 0 radical (unpaired) electrons. The molecule has 0 spiro atoms. The summed E-state index contributed by atoms with van der Waals surface area (Å²) < 4.78 is 2.13. The lowest BCUT2D eigenvalue weighted by atomic mass is 9.96. The minimum Gasteiger partial charge on any atom is -0.393 e. The Morgan fingerprint density at radius 1 is 1.42 bits per heavy atom. The van der Waals surface area contributed by atoms with E-state index >= 15 is 0 Å². The Morgan fingerprint density at radius 3 is 2.95 bits per heavy atom.